The fourth-order valence-corrected chi connectivity index (χ4v) is 4.69. The summed E-state index contributed by atoms with van der Waals surface area (Å²) in [6.07, 6.45) is 5.69. The van der Waals surface area contributed by atoms with Crippen LogP contribution in [0, 0.1) is 11.8 Å². The van der Waals surface area contributed by atoms with E-state index in [1.807, 2.05) is 6.07 Å². The first-order chi connectivity index (χ1) is 12.5. The Kier molecular flexibility index (Phi) is 5.76. The molecular formula is C19H25N3O3S. The van der Waals surface area contributed by atoms with E-state index < -0.39 is 0 Å². The highest BCUT2D eigenvalue weighted by Gasteiger charge is 2.27. The minimum absolute atomic E-state index is 0.104. The van der Waals surface area contributed by atoms with Crippen LogP contribution in [-0.4, -0.2) is 35.7 Å². The second-order valence-corrected chi connectivity index (χ2v) is 8.29. The molecule has 140 valence electrons. The Hall–Kier alpha value is -2.15. The van der Waals surface area contributed by atoms with Crippen LogP contribution in [0.15, 0.2) is 18.7 Å². The molecular weight excluding hydrogens is 350 g/mol. The summed E-state index contributed by atoms with van der Waals surface area (Å²) in [4.78, 5) is 39.8. The molecule has 1 unspecified atom stereocenters. The van der Waals surface area contributed by atoms with Crippen molar-refractivity contribution in [2.75, 3.05) is 13.1 Å². The van der Waals surface area contributed by atoms with Crippen LogP contribution in [0.25, 0.3) is 0 Å². The number of thiophene rings is 1. The van der Waals surface area contributed by atoms with Gasteiger partial charge in [-0.25, -0.2) is 0 Å². The number of nitrogens with one attached hydrogen (secondary N) is 2. The lowest BCUT2D eigenvalue weighted by Gasteiger charge is -2.30. The fraction of sp³-hybridized carbons (Fsp3) is 0.526. The van der Waals surface area contributed by atoms with Crippen molar-refractivity contribution in [3.8, 4) is 0 Å². The highest BCUT2D eigenvalue weighted by molar-refractivity contribution is 7.14. The number of rotatable bonds is 3. The second-order valence-electron chi connectivity index (χ2n) is 7.15. The lowest BCUT2D eigenvalue weighted by atomic mass is 9.90. The Morgan fingerprint density at radius 1 is 1.23 bits per heavy atom. The number of amides is 3. The van der Waals surface area contributed by atoms with Gasteiger partial charge in [-0.15, -0.1) is 11.3 Å². The lowest BCUT2D eigenvalue weighted by molar-refractivity contribution is -0.132. The molecule has 1 fully saturated rings. The molecule has 6 nitrogen and oxygen atoms in total. The van der Waals surface area contributed by atoms with Gasteiger partial charge in [0.1, 0.15) is 0 Å². The average molecular weight is 375 g/mol. The molecule has 1 atom stereocenters. The molecule has 1 aliphatic carbocycles. The molecule has 1 aromatic rings. The molecule has 7 heteroatoms. The predicted molar refractivity (Wildman–Crippen MR) is 101 cm³/mol. The third-order valence-corrected chi connectivity index (χ3v) is 6.44. The largest absolute Gasteiger partial charge is 0.339 e. The number of hydrazine groups is 1. The van der Waals surface area contributed by atoms with Crippen LogP contribution in [0.1, 0.15) is 46.3 Å². The van der Waals surface area contributed by atoms with Crippen LogP contribution in [0.2, 0.25) is 0 Å². The number of fused-ring (bicyclic) bond motifs is 1. The SMILES string of the molecule is C=CC(=O)N1CCC(C(=O)NNC(=O)c2cc3c(s2)CCC(C)C3)CC1. The van der Waals surface area contributed by atoms with Crippen molar-refractivity contribution >= 4 is 29.1 Å². The molecule has 0 spiro atoms. The van der Waals surface area contributed by atoms with Crippen molar-refractivity contribution in [1.82, 2.24) is 15.8 Å². The number of carbonyl (C=O) groups excluding carboxylic acids is 3. The van der Waals surface area contributed by atoms with Crippen molar-refractivity contribution in [3.05, 3.63) is 34.0 Å². The van der Waals surface area contributed by atoms with Crippen LogP contribution in [0.5, 0.6) is 0 Å². The molecule has 3 amide bonds. The highest BCUT2D eigenvalue weighted by atomic mass is 32.1. The summed E-state index contributed by atoms with van der Waals surface area (Å²) in [5.74, 6) is -0.0927. The quantitative estimate of drug-likeness (QED) is 0.627. The Labute approximate surface area is 157 Å². The number of hydrogen-bond acceptors (Lipinski definition) is 4. The van der Waals surface area contributed by atoms with Gasteiger partial charge in [-0.1, -0.05) is 13.5 Å². The zero-order valence-corrected chi connectivity index (χ0v) is 15.9. The van der Waals surface area contributed by atoms with Crippen molar-refractivity contribution in [2.24, 2.45) is 11.8 Å². The summed E-state index contributed by atoms with van der Waals surface area (Å²) in [6.45, 7) is 6.78. The molecule has 1 saturated heterocycles. The van der Waals surface area contributed by atoms with E-state index in [9.17, 15) is 14.4 Å². The monoisotopic (exact) mass is 375 g/mol. The average Bonchev–Trinajstić information content (AvgIpc) is 3.08. The van der Waals surface area contributed by atoms with Gasteiger partial charge in [0.05, 0.1) is 4.88 Å². The Balaban J connectivity index is 1.48. The number of carbonyl (C=O) groups is 3. The molecule has 26 heavy (non-hydrogen) atoms. The highest BCUT2D eigenvalue weighted by Crippen LogP contribution is 2.32. The van der Waals surface area contributed by atoms with Gasteiger partial charge >= 0.3 is 0 Å². The summed E-state index contributed by atoms with van der Waals surface area (Å²) >= 11 is 1.52. The lowest BCUT2D eigenvalue weighted by Crippen LogP contribution is -2.47. The predicted octanol–water partition coefficient (Wildman–Crippen LogP) is 2.06. The second kappa shape index (κ2) is 8.03. The Morgan fingerprint density at radius 2 is 1.96 bits per heavy atom. The number of nitrogens with zero attached hydrogens (tertiary/aromatic N) is 1. The summed E-state index contributed by atoms with van der Waals surface area (Å²) in [6, 6.07) is 1.95. The first-order valence-electron chi connectivity index (χ1n) is 9.11. The van der Waals surface area contributed by atoms with Crippen LogP contribution in [0.4, 0.5) is 0 Å². The summed E-state index contributed by atoms with van der Waals surface area (Å²) in [7, 11) is 0. The smallest absolute Gasteiger partial charge is 0.279 e. The Bertz CT molecular complexity index is 720. The molecule has 1 aromatic heterocycles. The van der Waals surface area contributed by atoms with E-state index in [0.717, 1.165) is 12.8 Å². The van der Waals surface area contributed by atoms with Crippen molar-refractivity contribution in [1.29, 1.82) is 0 Å². The molecule has 0 radical (unpaired) electrons. The standard InChI is InChI=1S/C19H25N3O3S/c1-3-17(23)22-8-6-13(7-9-22)18(24)20-21-19(25)16-11-14-10-12(2)4-5-15(14)26-16/h3,11-13H,1,4-10H2,2H3,(H,20,24)(H,21,25). The maximum Gasteiger partial charge on any atom is 0.279 e. The maximum absolute atomic E-state index is 12.3. The van der Waals surface area contributed by atoms with Gasteiger partial charge in [0.25, 0.3) is 5.91 Å². The topological polar surface area (TPSA) is 78.5 Å². The molecule has 0 aromatic carbocycles. The zero-order valence-electron chi connectivity index (χ0n) is 15.0. The van der Waals surface area contributed by atoms with Gasteiger partial charge in [-0.3, -0.25) is 25.2 Å². The van der Waals surface area contributed by atoms with Crippen molar-refractivity contribution in [3.63, 3.8) is 0 Å². The number of piperidine rings is 1. The van der Waals surface area contributed by atoms with E-state index in [4.69, 9.17) is 0 Å². The van der Waals surface area contributed by atoms with E-state index in [1.165, 1.54) is 34.3 Å². The molecule has 0 bridgehead atoms. The van der Waals surface area contributed by atoms with Crippen LogP contribution < -0.4 is 10.9 Å². The third-order valence-electron chi connectivity index (χ3n) is 5.20. The summed E-state index contributed by atoms with van der Waals surface area (Å²) in [5.41, 5.74) is 6.35. The fourth-order valence-electron chi connectivity index (χ4n) is 3.59. The number of hydrogen-bond donors (Lipinski definition) is 2. The van der Waals surface area contributed by atoms with Crippen molar-refractivity contribution < 1.29 is 14.4 Å². The van der Waals surface area contributed by atoms with Gasteiger partial charge in [0, 0.05) is 23.9 Å². The molecule has 3 rings (SSSR count). The molecule has 2 aliphatic rings. The summed E-state index contributed by atoms with van der Waals surface area (Å²) in [5, 5.41) is 0. The molecule has 2 N–H and O–H groups in total. The van der Waals surface area contributed by atoms with Gasteiger partial charge in [-0.2, -0.15) is 0 Å². The molecule has 0 saturated carbocycles. The number of likely N-dealkylation sites (tertiary alicyclic amines) is 1. The van der Waals surface area contributed by atoms with E-state index in [2.05, 4.69) is 24.4 Å². The third kappa shape index (κ3) is 4.15. The maximum atomic E-state index is 12.3. The normalized spacial score (nSPS) is 20.2. The van der Waals surface area contributed by atoms with E-state index >= 15 is 0 Å². The first-order valence-corrected chi connectivity index (χ1v) is 9.92. The molecule has 2 heterocycles. The van der Waals surface area contributed by atoms with Crippen LogP contribution >= 0.6 is 11.3 Å². The van der Waals surface area contributed by atoms with E-state index in [1.54, 1.807) is 4.90 Å². The number of aryl methyl sites for hydroxylation is 1. The minimum Gasteiger partial charge on any atom is -0.339 e. The zero-order chi connectivity index (χ0) is 18.7. The molecule has 1 aliphatic heterocycles. The summed E-state index contributed by atoms with van der Waals surface area (Å²) < 4.78 is 0. The van der Waals surface area contributed by atoms with E-state index in [-0.39, 0.29) is 23.6 Å². The van der Waals surface area contributed by atoms with Gasteiger partial charge < -0.3 is 4.90 Å². The van der Waals surface area contributed by atoms with Gasteiger partial charge in [0.2, 0.25) is 11.8 Å². The van der Waals surface area contributed by atoms with Crippen LogP contribution in [-0.2, 0) is 22.4 Å². The van der Waals surface area contributed by atoms with Crippen LogP contribution in [0.3, 0.4) is 0 Å². The van der Waals surface area contributed by atoms with Gasteiger partial charge in [0.15, 0.2) is 0 Å². The minimum atomic E-state index is -0.260. The van der Waals surface area contributed by atoms with Gasteiger partial charge in [-0.05, 0) is 55.7 Å². The first kappa shape index (κ1) is 18.6. The van der Waals surface area contributed by atoms with E-state index in [0.29, 0.717) is 36.7 Å². The Morgan fingerprint density at radius 3 is 2.65 bits per heavy atom. The van der Waals surface area contributed by atoms with Crippen molar-refractivity contribution in [2.45, 2.75) is 39.0 Å².